The van der Waals surface area contributed by atoms with Gasteiger partial charge in [-0.25, -0.2) is 14.0 Å². The fourth-order valence-corrected chi connectivity index (χ4v) is 2.68. The summed E-state index contributed by atoms with van der Waals surface area (Å²) in [4.78, 5) is 22.6. The molecule has 1 saturated carbocycles. The number of carbonyl (C=O) groups is 2. The molecule has 0 saturated heterocycles. The number of carboxylic acids is 1. The van der Waals surface area contributed by atoms with Crippen LogP contribution < -0.4 is 10.6 Å². The van der Waals surface area contributed by atoms with E-state index in [0.29, 0.717) is 5.92 Å². The topological polar surface area (TPSA) is 78.4 Å². The lowest BCUT2D eigenvalue weighted by atomic mass is 9.87. The molecular weight excluding hydrogens is 275 g/mol. The van der Waals surface area contributed by atoms with Gasteiger partial charge in [0.1, 0.15) is 5.82 Å². The summed E-state index contributed by atoms with van der Waals surface area (Å²) < 4.78 is 13.5. The molecule has 1 aliphatic carbocycles. The highest BCUT2D eigenvalue weighted by molar-refractivity contribution is 5.91. The Balaban J connectivity index is 1.93. The molecule has 2 unspecified atom stereocenters. The molecule has 1 fully saturated rings. The molecule has 2 amide bonds. The smallest absolute Gasteiger partial charge is 0.338 e. The molecule has 0 bridgehead atoms. The third-order valence-electron chi connectivity index (χ3n) is 3.73. The number of urea groups is 1. The first kappa shape index (κ1) is 15.3. The molecule has 2 atom stereocenters. The lowest BCUT2D eigenvalue weighted by Gasteiger charge is -2.27. The summed E-state index contributed by atoms with van der Waals surface area (Å²) in [5.41, 5.74) is -0.180. The summed E-state index contributed by atoms with van der Waals surface area (Å²) in [5, 5.41) is 14.1. The maximum atomic E-state index is 13.5. The lowest BCUT2D eigenvalue weighted by Crippen LogP contribution is -2.40. The van der Waals surface area contributed by atoms with E-state index in [9.17, 15) is 14.0 Å². The molecule has 0 aromatic heterocycles. The average molecular weight is 294 g/mol. The standard InChI is InChI=1S/C15H19FN2O3/c1-9-3-2-4-10(7-9)17-15(21)18-11-5-6-12(14(19)20)13(16)8-11/h5-6,8-10H,2-4,7H2,1H3,(H,19,20)(H2,17,18,21). The van der Waals surface area contributed by atoms with Crippen molar-refractivity contribution in [1.82, 2.24) is 5.32 Å². The Kier molecular flexibility index (Phi) is 4.77. The second-order valence-electron chi connectivity index (χ2n) is 5.57. The van der Waals surface area contributed by atoms with Gasteiger partial charge in [0, 0.05) is 11.7 Å². The van der Waals surface area contributed by atoms with Crippen molar-refractivity contribution in [2.75, 3.05) is 5.32 Å². The highest BCUT2D eigenvalue weighted by atomic mass is 19.1. The number of rotatable bonds is 3. The Morgan fingerprint density at radius 2 is 2.10 bits per heavy atom. The number of halogens is 1. The second kappa shape index (κ2) is 6.56. The Bertz CT molecular complexity index is 548. The Labute approximate surface area is 122 Å². The number of amides is 2. The minimum Gasteiger partial charge on any atom is -0.478 e. The minimum atomic E-state index is -1.33. The molecule has 114 valence electrons. The highest BCUT2D eigenvalue weighted by Gasteiger charge is 2.20. The van der Waals surface area contributed by atoms with Gasteiger partial charge in [-0.15, -0.1) is 0 Å². The van der Waals surface area contributed by atoms with E-state index in [1.54, 1.807) is 0 Å². The van der Waals surface area contributed by atoms with Crippen LogP contribution >= 0.6 is 0 Å². The molecule has 1 aromatic carbocycles. The summed E-state index contributed by atoms with van der Waals surface area (Å²) >= 11 is 0. The Hall–Kier alpha value is -2.11. The van der Waals surface area contributed by atoms with E-state index in [0.717, 1.165) is 31.4 Å². The van der Waals surface area contributed by atoms with E-state index in [-0.39, 0.29) is 11.7 Å². The number of benzene rings is 1. The van der Waals surface area contributed by atoms with E-state index >= 15 is 0 Å². The Morgan fingerprint density at radius 1 is 1.33 bits per heavy atom. The average Bonchev–Trinajstić information content (AvgIpc) is 2.38. The van der Waals surface area contributed by atoms with Gasteiger partial charge in [-0.1, -0.05) is 19.8 Å². The zero-order chi connectivity index (χ0) is 15.4. The summed E-state index contributed by atoms with van der Waals surface area (Å²) in [5.74, 6) is -1.61. The maximum Gasteiger partial charge on any atom is 0.338 e. The molecule has 0 radical (unpaired) electrons. The van der Waals surface area contributed by atoms with E-state index in [1.807, 2.05) is 0 Å². The van der Waals surface area contributed by atoms with Gasteiger partial charge in [-0.3, -0.25) is 0 Å². The van der Waals surface area contributed by atoms with E-state index < -0.39 is 23.4 Å². The van der Waals surface area contributed by atoms with E-state index in [2.05, 4.69) is 17.6 Å². The monoisotopic (exact) mass is 294 g/mol. The van der Waals surface area contributed by atoms with Crippen LogP contribution in [0.4, 0.5) is 14.9 Å². The Morgan fingerprint density at radius 3 is 2.71 bits per heavy atom. The van der Waals surface area contributed by atoms with Crippen LogP contribution in [0.25, 0.3) is 0 Å². The number of hydrogen-bond acceptors (Lipinski definition) is 2. The van der Waals surface area contributed by atoms with Crippen LogP contribution in [0.15, 0.2) is 18.2 Å². The number of carbonyl (C=O) groups excluding carboxylic acids is 1. The van der Waals surface area contributed by atoms with Crippen molar-refractivity contribution >= 4 is 17.7 Å². The molecule has 21 heavy (non-hydrogen) atoms. The van der Waals surface area contributed by atoms with Gasteiger partial charge < -0.3 is 15.7 Å². The first-order valence-corrected chi connectivity index (χ1v) is 7.06. The predicted octanol–water partition coefficient (Wildman–Crippen LogP) is 3.22. The SMILES string of the molecule is CC1CCCC(NC(=O)Nc2ccc(C(=O)O)c(F)c2)C1. The molecule has 0 heterocycles. The number of carboxylic acid groups (broad SMARTS) is 1. The lowest BCUT2D eigenvalue weighted by molar-refractivity contribution is 0.0692. The van der Waals surface area contributed by atoms with Crippen LogP contribution in [0.3, 0.4) is 0 Å². The largest absolute Gasteiger partial charge is 0.478 e. The van der Waals surface area contributed by atoms with Crippen LogP contribution in [-0.2, 0) is 0 Å². The molecular formula is C15H19FN2O3. The van der Waals surface area contributed by atoms with Gasteiger partial charge in [-0.2, -0.15) is 0 Å². The van der Waals surface area contributed by atoms with Crippen LogP contribution in [0.5, 0.6) is 0 Å². The van der Waals surface area contributed by atoms with Crippen molar-refractivity contribution in [3.05, 3.63) is 29.6 Å². The van der Waals surface area contributed by atoms with Crippen LogP contribution in [0, 0.1) is 11.7 Å². The minimum absolute atomic E-state index is 0.136. The van der Waals surface area contributed by atoms with Crippen molar-refractivity contribution in [2.45, 2.75) is 38.6 Å². The summed E-state index contributed by atoms with van der Waals surface area (Å²) in [6.07, 6.45) is 4.17. The molecule has 1 aliphatic rings. The van der Waals surface area contributed by atoms with Crippen LogP contribution in [-0.4, -0.2) is 23.1 Å². The van der Waals surface area contributed by atoms with Gasteiger partial charge in [0.05, 0.1) is 5.56 Å². The fourth-order valence-electron chi connectivity index (χ4n) is 2.68. The number of aromatic carboxylic acids is 1. The quantitative estimate of drug-likeness (QED) is 0.801. The summed E-state index contributed by atoms with van der Waals surface area (Å²) in [7, 11) is 0. The van der Waals surface area contributed by atoms with Crippen molar-refractivity contribution in [3.8, 4) is 0 Å². The first-order valence-electron chi connectivity index (χ1n) is 7.06. The van der Waals surface area contributed by atoms with Gasteiger partial charge in [0.15, 0.2) is 0 Å². The first-order chi connectivity index (χ1) is 9.95. The van der Waals surface area contributed by atoms with Gasteiger partial charge in [-0.05, 0) is 37.0 Å². The number of nitrogens with one attached hydrogen (secondary N) is 2. The molecule has 0 spiro atoms. The zero-order valence-corrected chi connectivity index (χ0v) is 11.9. The molecule has 2 rings (SSSR count). The van der Waals surface area contributed by atoms with E-state index in [1.165, 1.54) is 12.5 Å². The van der Waals surface area contributed by atoms with Crippen molar-refractivity contribution in [3.63, 3.8) is 0 Å². The summed E-state index contributed by atoms with van der Waals surface area (Å²) in [6.45, 7) is 2.16. The third kappa shape index (κ3) is 4.18. The third-order valence-corrected chi connectivity index (χ3v) is 3.73. The molecule has 1 aromatic rings. The van der Waals surface area contributed by atoms with Crippen molar-refractivity contribution in [1.29, 1.82) is 0 Å². The van der Waals surface area contributed by atoms with Gasteiger partial charge in [0.25, 0.3) is 0 Å². The van der Waals surface area contributed by atoms with Crippen LogP contribution in [0.2, 0.25) is 0 Å². The number of anilines is 1. The highest BCUT2D eigenvalue weighted by Crippen LogP contribution is 2.23. The van der Waals surface area contributed by atoms with Crippen LogP contribution in [0.1, 0.15) is 43.0 Å². The normalized spacial score (nSPS) is 21.6. The fraction of sp³-hybridized carbons (Fsp3) is 0.467. The van der Waals surface area contributed by atoms with E-state index in [4.69, 9.17) is 5.11 Å². The molecule has 5 nitrogen and oxygen atoms in total. The summed E-state index contributed by atoms with van der Waals surface area (Å²) in [6, 6.07) is 3.26. The molecule has 6 heteroatoms. The maximum absolute atomic E-state index is 13.5. The predicted molar refractivity (Wildman–Crippen MR) is 76.9 cm³/mol. The molecule has 0 aliphatic heterocycles. The second-order valence-corrected chi connectivity index (χ2v) is 5.57. The van der Waals surface area contributed by atoms with Gasteiger partial charge in [0.2, 0.25) is 0 Å². The van der Waals surface area contributed by atoms with Crippen molar-refractivity contribution < 1.29 is 19.1 Å². The molecule has 3 N–H and O–H groups in total. The zero-order valence-electron chi connectivity index (χ0n) is 11.9. The van der Waals surface area contributed by atoms with Gasteiger partial charge >= 0.3 is 12.0 Å². The number of hydrogen-bond donors (Lipinski definition) is 3. The van der Waals surface area contributed by atoms with Crippen molar-refractivity contribution in [2.24, 2.45) is 5.92 Å².